The van der Waals surface area contributed by atoms with Crippen LogP contribution in [0.1, 0.15) is 18.5 Å². The smallest absolute Gasteiger partial charge is 0.225 e. The quantitative estimate of drug-likeness (QED) is 0.827. The van der Waals surface area contributed by atoms with Crippen LogP contribution in [0.2, 0.25) is 0 Å². The first-order valence-corrected chi connectivity index (χ1v) is 9.64. The van der Waals surface area contributed by atoms with E-state index in [0.29, 0.717) is 0 Å². The van der Waals surface area contributed by atoms with E-state index in [1.165, 1.54) is 13.0 Å². The Bertz CT molecular complexity index is 959. The second kappa shape index (κ2) is 6.55. The molecule has 0 fully saturated rings. The lowest BCUT2D eigenvalue weighted by Crippen LogP contribution is -2.27. The summed E-state index contributed by atoms with van der Waals surface area (Å²) < 4.78 is 75.3. The molecule has 2 aromatic carbocycles. The number of hydrogen-bond acceptors (Lipinski definition) is 4. The zero-order valence-electron chi connectivity index (χ0n) is 12.4. The summed E-state index contributed by atoms with van der Waals surface area (Å²) in [4.78, 5) is -0.417. The maximum Gasteiger partial charge on any atom is 0.241 e. The van der Waals surface area contributed by atoms with Gasteiger partial charge in [-0.2, -0.15) is 0 Å². The van der Waals surface area contributed by atoms with Crippen molar-refractivity contribution in [2.45, 2.75) is 22.8 Å². The van der Waals surface area contributed by atoms with E-state index in [4.69, 9.17) is 5.14 Å². The van der Waals surface area contributed by atoms with Crippen molar-refractivity contribution < 1.29 is 25.6 Å². The number of hydrogen-bond donors (Lipinski definition) is 2. The Labute approximate surface area is 138 Å². The highest BCUT2D eigenvalue weighted by molar-refractivity contribution is 7.89. The minimum absolute atomic E-state index is 0.190. The summed E-state index contributed by atoms with van der Waals surface area (Å²) in [7, 11) is -7.93. The zero-order valence-corrected chi connectivity index (χ0v) is 14.0. The molecule has 0 spiro atoms. The minimum atomic E-state index is -3.99. The molecule has 0 amide bonds. The Balaban J connectivity index is 2.25. The van der Waals surface area contributed by atoms with Gasteiger partial charge in [-0.1, -0.05) is 6.07 Å². The van der Waals surface area contributed by atoms with Gasteiger partial charge >= 0.3 is 0 Å². The lowest BCUT2D eigenvalue weighted by atomic mass is 10.1. The van der Waals surface area contributed by atoms with Gasteiger partial charge in [-0.3, -0.25) is 0 Å². The lowest BCUT2D eigenvalue weighted by molar-refractivity contribution is 0.504. The van der Waals surface area contributed by atoms with E-state index in [-0.39, 0.29) is 15.4 Å². The van der Waals surface area contributed by atoms with Crippen LogP contribution in [0, 0.1) is 11.6 Å². The molecule has 1 atom stereocenters. The molecule has 0 aromatic heterocycles. The van der Waals surface area contributed by atoms with E-state index in [2.05, 4.69) is 4.72 Å². The van der Waals surface area contributed by atoms with Crippen LogP contribution in [0.3, 0.4) is 0 Å². The predicted molar refractivity (Wildman–Crippen MR) is 82.9 cm³/mol. The van der Waals surface area contributed by atoms with Crippen molar-refractivity contribution in [3.8, 4) is 0 Å². The van der Waals surface area contributed by atoms with E-state index in [0.717, 1.165) is 36.4 Å². The summed E-state index contributed by atoms with van der Waals surface area (Å²) in [6.45, 7) is 1.46. The molecule has 2 rings (SSSR count). The summed E-state index contributed by atoms with van der Waals surface area (Å²) >= 11 is 0. The van der Waals surface area contributed by atoms with E-state index in [1.807, 2.05) is 0 Å². The monoisotopic (exact) mass is 376 g/mol. The predicted octanol–water partition coefficient (Wildman–Crippen LogP) is 1.65. The maximum absolute atomic E-state index is 13.2. The van der Waals surface area contributed by atoms with E-state index >= 15 is 0 Å². The fourth-order valence-electron chi connectivity index (χ4n) is 1.96. The largest absolute Gasteiger partial charge is 0.241 e. The summed E-state index contributed by atoms with van der Waals surface area (Å²) in [5.74, 6) is -2.12. The fourth-order valence-corrected chi connectivity index (χ4v) is 3.71. The topological polar surface area (TPSA) is 106 Å². The molecule has 0 radical (unpaired) electrons. The molecule has 3 N–H and O–H groups in total. The van der Waals surface area contributed by atoms with Gasteiger partial charge in [0.15, 0.2) is 11.6 Å². The zero-order chi connectivity index (χ0) is 18.1. The van der Waals surface area contributed by atoms with Crippen LogP contribution in [0.25, 0.3) is 0 Å². The van der Waals surface area contributed by atoms with Crippen LogP contribution in [0.5, 0.6) is 0 Å². The third-order valence-electron chi connectivity index (χ3n) is 3.24. The highest BCUT2D eigenvalue weighted by atomic mass is 32.2. The first-order valence-electron chi connectivity index (χ1n) is 6.61. The van der Waals surface area contributed by atoms with Gasteiger partial charge in [-0.25, -0.2) is 35.5 Å². The maximum atomic E-state index is 13.2. The van der Waals surface area contributed by atoms with Crippen molar-refractivity contribution in [1.29, 1.82) is 0 Å². The van der Waals surface area contributed by atoms with Crippen LogP contribution < -0.4 is 9.86 Å². The Kier molecular flexibility index (Phi) is 5.04. The number of benzene rings is 2. The second-order valence-corrected chi connectivity index (χ2v) is 8.31. The van der Waals surface area contributed by atoms with Crippen LogP contribution >= 0.6 is 0 Å². The molecule has 0 heterocycles. The van der Waals surface area contributed by atoms with Gasteiger partial charge in [0.1, 0.15) is 0 Å². The second-order valence-electron chi connectivity index (χ2n) is 5.03. The summed E-state index contributed by atoms with van der Waals surface area (Å²) in [6, 6.07) is 6.51. The van der Waals surface area contributed by atoms with Gasteiger partial charge in [0, 0.05) is 6.04 Å². The van der Waals surface area contributed by atoms with Gasteiger partial charge in [-0.05, 0) is 48.9 Å². The van der Waals surface area contributed by atoms with Crippen molar-refractivity contribution in [3.63, 3.8) is 0 Å². The van der Waals surface area contributed by atoms with Crippen molar-refractivity contribution in [2.75, 3.05) is 0 Å². The molecular weight excluding hydrogens is 362 g/mol. The number of halogens is 2. The van der Waals surface area contributed by atoms with Crippen LogP contribution in [-0.2, 0) is 20.0 Å². The molecule has 6 nitrogen and oxygen atoms in total. The van der Waals surface area contributed by atoms with Crippen molar-refractivity contribution >= 4 is 20.0 Å². The Morgan fingerprint density at radius 3 is 1.96 bits per heavy atom. The molecule has 130 valence electrons. The average Bonchev–Trinajstić information content (AvgIpc) is 2.49. The minimum Gasteiger partial charge on any atom is -0.225 e. The van der Waals surface area contributed by atoms with E-state index in [1.54, 1.807) is 0 Å². The molecule has 10 heteroatoms. The lowest BCUT2D eigenvalue weighted by Gasteiger charge is -2.15. The number of sulfonamides is 2. The normalized spacial score (nSPS) is 13.7. The molecule has 2 aromatic rings. The van der Waals surface area contributed by atoms with Gasteiger partial charge in [0.05, 0.1) is 9.79 Å². The number of nitrogens with two attached hydrogens (primary N) is 1. The van der Waals surface area contributed by atoms with Crippen LogP contribution in [-0.4, -0.2) is 16.8 Å². The molecule has 0 aliphatic heterocycles. The fraction of sp³-hybridized carbons (Fsp3) is 0.143. The van der Waals surface area contributed by atoms with Crippen LogP contribution in [0.15, 0.2) is 52.3 Å². The highest BCUT2D eigenvalue weighted by Gasteiger charge is 2.20. The standard InChI is InChI=1S/C14H14F2N2O4S2/c1-9(10-2-7-13(15)14(16)8-10)18-24(21,22)12-5-3-11(4-6-12)23(17,19)20/h2-9,18H,1H3,(H2,17,19,20)/t9-/m0/s1. The van der Waals surface area contributed by atoms with Crippen molar-refractivity contribution in [1.82, 2.24) is 4.72 Å². The Hall–Kier alpha value is -1.88. The van der Waals surface area contributed by atoms with Gasteiger partial charge in [0.2, 0.25) is 20.0 Å². The first-order chi connectivity index (χ1) is 11.0. The van der Waals surface area contributed by atoms with E-state index < -0.39 is 37.7 Å². The number of primary sulfonamides is 1. The Morgan fingerprint density at radius 2 is 1.46 bits per heavy atom. The van der Waals surface area contributed by atoms with Gasteiger partial charge < -0.3 is 0 Å². The molecule has 24 heavy (non-hydrogen) atoms. The first kappa shape index (κ1) is 18.5. The molecule has 0 bridgehead atoms. The average molecular weight is 376 g/mol. The summed E-state index contributed by atoms with van der Waals surface area (Å²) in [5, 5.41) is 4.94. The summed E-state index contributed by atoms with van der Waals surface area (Å²) in [6.07, 6.45) is 0. The third-order valence-corrected chi connectivity index (χ3v) is 5.72. The number of rotatable bonds is 5. The van der Waals surface area contributed by atoms with Gasteiger partial charge in [0.25, 0.3) is 0 Å². The van der Waals surface area contributed by atoms with Crippen LogP contribution in [0.4, 0.5) is 8.78 Å². The van der Waals surface area contributed by atoms with Crippen molar-refractivity contribution in [2.24, 2.45) is 5.14 Å². The Morgan fingerprint density at radius 1 is 0.917 bits per heavy atom. The van der Waals surface area contributed by atoms with E-state index in [9.17, 15) is 25.6 Å². The molecule has 0 unspecified atom stereocenters. The number of nitrogens with one attached hydrogen (secondary N) is 1. The molecule has 0 aliphatic rings. The molecule has 0 saturated heterocycles. The van der Waals surface area contributed by atoms with Crippen molar-refractivity contribution in [3.05, 3.63) is 59.7 Å². The van der Waals surface area contributed by atoms with Gasteiger partial charge in [-0.15, -0.1) is 0 Å². The summed E-state index contributed by atoms with van der Waals surface area (Å²) in [5.41, 5.74) is 0.235. The SMILES string of the molecule is C[C@H](NS(=O)(=O)c1ccc(S(N)(=O)=O)cc1)c1ccc(F)c(F)c1. The molecular formula is C14H14F2N2O4S2. The molecule has 0 aliphatic carbocycles. The highest BCUT2D eigenvalue weighted by Crippen LogP contribution is 2.20. The third kappa shape index (κ3) is 4.15. The molecule has 0 saturated carbocycles.